The molecule has 0 aromatic heterocycles. The molecule has 38 heavy (non-hydrogen) atoms. The van der Waals surface area contributed by atoms with E-state index in [2.05, 4.69) is 22.5 Å². The normalized spacial score (nSPS) is 11.8. The number of aryl methyl sites for hydroxylation is 2. The van der Waals surface area contributed by atoms with Crippen LogP contribution in [0.1, 0.15) is 88.7 Å². The van der Waals surface area contributed by atoms with Crippen LogP contribution in [0.3, 0.4) is 0 Å². The number of benzene rings is 2. The lowest BCUT2D eigenvalue weighted by molar-refractivity contribution is -0.121. The van der Waals surface area contributed by atoms with Crippen molar-refractivity contribution >= 4 is 27.4 Å². The number of azo groups is 1. The lowest BCUT2D eigenvalue weighted by atomic mass is 10.0. The number of hydrogen-bond donors (Lipinski definition) is 4. The van der Waals surface area contributed by atoms with Gasteiger partial charge in [0, 0.05) is 13.0 Å². The first-order valence-electron chi connectivity index (χ1n) is 13.4. The van der Waals surface area contributed by atoms with Gasteiger partial charge in [-0.3, -0.25) is 9.35 Å². The molecule has 2 aromatic carbocycles. The van der Waals surface area contributed by atoms with E-state index in [4.69, 9.17) is 0 Å². The lowest BCUT2D eigenvalue weighted by Crippen LogP contribution is -2.24. The number of phenolic OH excluding ortho intramolecular Hbond substituents is 2. The molecule has 0 aliphatic heterocycles. The highest BCUT2D eigenvalue weighted by atomic mass is 32.2. The quantitative estimate of drug-likeness (QED) is 0.0948. The van der Waals surface area contributed by atoms with Gasteiger partial charge in [0.25, 0.3) is 10.1 Å². The Balaban J connectivity index is 1.82. The van der Waals surface area contributed by atoms with Crippen LogP contribution in [0.2, 0.25) is 0 Å². The summed E-state index contributed by atoms with van der Waals surface area (Å²) in [5.74, 6) is -0.572. The van der Waals surface area contributed by atoms with E-state index < -0.39 is 15.0 Å². The van der Waals surface area contributed by atoms with Crippen molar-refractivity contribution in [3.63, 3.8) is 0 Å². The number of carbonyl (C=O) groups excluding carboxylic acids is 1. The third-order valence-corrected chi connectivity index (χ3v) is 7.15. The number of nitrogens with zero attached hydrogens (tertiary/aromatic N) is 2. The highest BCUT2D eigenvalue weighted by Gasteiger charge is 2.14. The molecule has 2 aromatic rings. The van der Waals surface area contributed by atoms with Crippen LogP contribution in [-0.4, -0.2) is 35.6 Å². The predicted molar refractivity (Wildman–Crippen MR) is 148 cm³/mol. The number of rotatable bonds is 17. The minimum Gasteiger partial charge on any atom is -0.506 e. The molecule has 4 N–H and O–H groups in total. The van der Waals surface area contributed by atoms with Gasteiger partial charge >= 0.3 is 0 Å². The van der Waals surface area contributed by atoms with E-state index in [0.717, 1.165) is 36.6 Å². The first kappa shape index (κ1) is 31.2. The molecule has 0 radical (unpaired) electrons. The van der Waals surface area contributed by atoms with E-state index in [1.165, 1.54) is 51.4 Å². The Hall–Kier alpha value is -2.98. The fourth-order valence-corrected chi connectivity index (χ4v) is 4.63. The van der Waals surface area contributed by atoms with Crippen LogP contribution in [0.15, 0.2) is 45.5 Å². The monoisotopic (exact) mass is 547 g/mol. The minimum atomic E-state index is -4.48. The molecule has 0 unspecified atom stereocenters. The van der Waals surface area contributed by atoms with Crippen LogP contribution in [0, 0.1) is 6.92 Å². The van der Waals surface area contributed by atoms with E-state index in [1.54, 1.807) is 12.1 Å². The van der Waals surface area contributed by atoms with Crippen LogP contribution in [0.5, 0.6) is 11.5 Å². The van der Waals surface area contributed by atoms with Crippen LogP contribution >= 0.6 is 0 Å². The summed E-state index contributed by atoms with van der Waals surface area (Å²) in [5, 5.41) is 31.3. The van der Waals surface area contributed by atoms with Crippen molar-refractivity contribution < 1.29 is 28.0 Å². The number of nitrogens with one attached hydrogen (secondary N) is 1. The number of carbonyl (C=O) groups is 1. The Morgan fingerprint density at radius 1 is 0.868 bits per heavy atom. The summed E-state index contributed by atoms with van der Waals surface area (Å²) in [4.78, 5) is 11.8. The maximum absolute atomic E-state index is 12.3. The third kappa shape index (κ3) is 11.2. The summed E-state index contributed by atoms with van der Waals surface area (Å²) in [6.07, 6.45) is 12.9. The fourth-order valence-electron chi connectivity index (χ4n) is 4.13. The van der Waals surface area contributed by atoms with Crippen molar-refractivity contribution in [3.8, 4) is 11.5 Å². The molecular weight excluding hydrogens is 506 g/mol. The molecule has 0 saturated heterocycles. The van der Waals surface area contributed by atoms with Crippen molar-refractivity contribution in [1.82, 2.24) is 5.32 Å². The maximum atomic E-state index is 12.3. The number of hydrogen-bond acceptors (Lipinski definition) is 7. The molecule has 0 aliphatic carbocycles. The molecule has 0 heterocycles. The average Bonchev–Trinajstić information content (AvgIpc) is 2.86. The molecule has 0 aliphatic rings. The number of unbranched alkanes of at least 4 members (excludes halogenated alkanes) is 9. The summed E-state index contributed by atoms with van der Waals surface area (Å²) in [5.41, 5.74) is 1.24. The van der Waals surface area contributed by atoms with Gasteiger partial charge in [0.2, 0.25) is 5.91 Å². The van der Waals surface area contributed by atoms with Gasteiger partial charge in [0.05, 0.1) is 4.90 Å². The molecule has 10 heteroatoms. The first-order chi connectivity index (χ1) is 18.1. The average molecular weight is 548 g/mol. The highest BCUT2D eigenvalue weighted by molar-refractivity contribution is 7.85. The molecule has 1 amide bonds. The van der Waals surface area contributed by atoms with Crippen LogP contribution in [0.25, 0.3) is 0 Å². The van der Waals surface area contributed by atoms with Crippen LogP contribution in [-0.2, 0) is 21.3 Å². The molecule has 0 atom stereocenters. The van der Waals surface area contributed by atoms with E-state index in [9.17, 15) is 28.0 Å². The molecule has 9 nitrogen and oxygen atoms in total. The van der Waals surface area contributed by atoms with Crippen molar-refractivity contribution in [2.75, 3.05) is 6.54 Å². The second-order valence-electron chi connectivity index (χ2n) is 9.65. The Morgan fingerprint density at radius 3 is 2.11 bits per heavy atom. The van der Waals surface area contributed by atoms with Gasteiger partial charge in [-0.2, -0.15) is 8.42 Å². The van der Waals surface area contributed by atoms with Crippen molar-refractivity contribution in [2.45, 2.75) is 95.8 Å². The zero-order chi connectivity index (χ0) is 28.0. The van der Waals surface area contributed by atoms with Crippen molar-refractivity contribution in [2.24, 2.45) is 10.2 Å². The topological polar surface area (TPSA) is 149 Å². The highest BCUT2D eigenvalue weighted by Crippen LogP contribution is 2.36. The van der Waals surface area contributed by atoms with E-state index in [-0.39, 0.29) is 35.2 Å². The molecule has 0 spiro atoms. The van der Waals surface area contributed by atoms with E-state index in [0.29, 0.717) is 18.5 Å². The van der Waals surface area contributed by atoms with Crippen LogP contribution < -0.4 is 5.32 Å². The molecule has 0 bridgehead atoms. The molecule has 0 saturated carbocycles. The minimum absolute atomic E-state index is 0.0862. The van der Waals surface area contributed by atoms with Gasteiger partial charge in [0.15, 0.2) is 0 Å². The predicted octanol–water partition coefficient (Wildman–Crippen LogP) is 7.04. The summed E-state index contributed by atoms with van der Waals surface area (Å²) >= 11 is 0. The number of amides is 1. The largest absolute Gasteiger partial charge is 0.506 e. The third-order valence-electron chi connectivity index (χ3n) is 6.30. The van der Waals surface area contributed by atoms with Crippen LogP contribution in [0.4, 0.5) is 11.4 Å². The van der Waals surface area contributed by atoms with E-state index >= 15 is 0 Å². The Kier molecular flexibility index (Phi) is 13.2. The summed E-state index contributed by atoms with van der Waals surface area (Å²) in [6, 6.07) is 6.43. The van der Waals surface area contributed by atoms with Gasteiger partial charge in [-0.25, -0.2) is 0 Å². The van der Waals surface area contributed by atoms with Crippen molar-refractivity contribution in [1.29, 1.82) is 0 Å². The fraction of sp³-hybridized carbons (Fsp3) is 0.536. The second-order valence-corrected chi connectivity index (χ2v) is 11.1. The zero-order valence-corrected chi connectivity index (χ0v) is 23.3. The SMILES string of the molecule is CCCCCCCCCCCCNC(=O)CCc1cc(C)cc(N=Nc2cc(S(=O)(=O)O)ccc2O)c1O. The molecular formula is C28H41N3O6S. The second kappa shape index (κ2) is 16.1. The molecule has 210 valence electrons. The lowest BCUT2D eigenvalue weighted by Gasteiger charge is -2.09. The Labute approximate surface area is 226 Å². The van der Waals surface area contributed by atoms with Crippen molar-refractivity contribution in [3.05, 3.63) is 41.5 Å². The molecule has 2 rings (SSSR count). The molecule has 0 fully saturated rings. The Bertz CT molecular complexity index is 1180. The van der Waals surface area contributed by atoms with Gasteiger partial charge in [0.1, 0.15) is 22.9 Å². The van der Waals surface area contributed by atoms with Gasteiger partial charge < -0.3 is 15.5 Å². The standard InChI is InChI=1S/C28H41N3O6S/c1-3-4-5-6-7-8-9-10-11-12-17-29-27(33)16-13-22-18-21(2)19-25(28(22)34)31-30-24-20-23(38(35,36)37)14-15-26(24)32/h14-15,18-20,32,34H,3-13,16-17H2,1-2H3,(H,29,33)(H,35,36,37). The summed E-state index contributed by atoms with van der Waals surface area (Å²) in [7, 11) is -4.48. The van der Waals surface area contributed by atoms with Gasteiger partial charge in [-0.05, 0) is 55.2 Å². The van der Waals surface area contributed by atoms with Gasteiger partial charge in [-0.1, -0.05) is 70.8 Å². The van der Waals surface area contributed by atoms with E-state index in [1.807, 2.05) is 6.92 Å². The zero-order valence-electron chi connectivity index (χ0n) is 22.4. The number of phenols is 2. The number of aromatic hydroxyl groups is 2. The van der Waals surface area contributed by atoms with Gasteiger partial charge in [-0.15, -0.1) is 10.2 Å². The smallest absolute Gasteiger partial charge is 0.294 e. The summed E-state index contributed by atoms with van der Waals surface area (Å²) < 4.78 is 31.9. The Morgan fingerprint density at radius 2 is 1.47 bits per heavy atom. The maximum Gasteiger partial charge on any atom is 0.294 e. The summed E-state index contributed by atoms with van der Waals surface area (Å²) in [6.45, 7) is 4.68. The first-order valence-corrected chi connectivity index (χ1v) is 14.9.